The van der Waals surface area contributed by atoms with Gasteiger partial charge in [0.25, 0.3) is 5.95 Å². The Morgan fingerprint density at radius 2 is 1.90 bits per heavy atom. The third-order valence-electron chi connectivity index (χ3n) is 4.07. The van der Waals surface area contributed by atoms with Crippen LogP contribution < -0.4 is 5.32 Å². The van der Waals surface area contributed by atoms with Crippen molar-refractivity contribution in [1.29, 1.82) is 5.26 Å². The molecule has 0 aliphatic heterocycles. The van der Waals surface area contributed by atoms with Crippen LogP contribution in [0, 0.1) is 11.3 Å². The molecule has 8 heteroatoms. The summed E-state index contributed by atoms with van der Waals surface area (Å²) in [7, 11) is 0. The highest BCUT2D eigenvalue weighted by atomic mass is 32.2. The van der Waals surface area contributed by atoms with Crippen molar-refractivity contribution < 1.29 is 4.79 Å². The number of hydrogen-bond acceptors (Lipinski definition) is 6. The van der Waals surface area contributed by atoms with Gasteiger partial charge in [-0.05, 0) is 23.8 Å². The summed E-state index contributed by atoms with van der Waals surface area (Å²) >= 11 is 1.51. The van der Waals surface area contributed by atoms with Crippen LogP contribution in [0.5, 0.6) is 0 Å². The van der Waals surface area contributed by atoms with E-state index in [-0.39, 0.29) is 11.3 Å². The van der Waals surface area contributed by atoms with Crippen LogP contribution in [-0.4, -0.2) is 31.4 Å². The van der Waals surface area contributed by atoms with Gasteiger partial charge in [-0.2, -0.15) is 15.0 Å². The standard InChI is InChI=1S/C21H22N6OS/c1-21(2,3)17-11-18(27(26-17)20-23-9-4-10-24-20)25-19(28)14-29-13-16-7-5-15(12-22)6-8-16/h4-11H,13-14H2,1-3H3,(H,25,28). The lowest BCUT2D eigenvalue weighted by Gasteiger charge is -2.13. The average molecular weight is 407 g/mol. The van der Waals surface area contributed by atoms with Gasteiger partial charge in [0.1, 0.15) is 5.82 Å². The van der Waals surface area contributed by atoms with Gasteiger partial charge in [0.15, 0.2) is 0 Å². The average Bonchev–Trinajstić information content (AvgIpc) is 3.13. The van der Waals surface area contributed by atoms with Gasteiger partial charge in [-0.3, -0.25) is 4.79 Å². The molecule has 1 amide bonds. The zero-order chi connectivity index (χ0) is 20.9. The molecule has 0 saturated carbocycles. The van der Waals surface area contributed by atoms with Crippen molar-refractivity contribution in [2.45, 2.75) is 31.9 Å². The molecule has 3 rings (SSSR count). The fraction of sp³-hybridized carbons (Fsp3) is 0.286. The topological polar surface area (TPSA) is 96.5 Å². The second kappa shape index (κ2) is 8.88. The predicted molar refractivity (Wildman–Crippen MR) is 114 cm³/mol. The van der Waals surface area contributed by atoms with Gasteiger partial charge in [0, 0.05) is 29.6 Å². The maximum absolute atomic E-state index is 12.5. The summed E-state index contributed by atoms with van der Waals surface area (Å²) < 4.78 is 1.56. The molecule has 0 aliphatic rings. The first-order chi connectivity index (χ1) is 13.9. The number of anilines is 1. The van der Waals surface area contributed by atoms with Crippen LogP contribution in [0.3, 0.4) is 0 Å². The zero-order valence-corrected chi connectivity index (χ0v) is 17.4. The van der Waals surface area contributed by atoms with E-state index in [0.717, 1.165) is 11.3 Å². The van der Waals surface area contributed by atoms with Crippen LogP contribution in [0.25, 0.3) is 5.95 Å². The summed E-state index contributed by atoms with van der Waals surface area (Å²) in [6.07, 6.45) is 3.28. The van der Waals surface area contributed by atoms with Crippen LogP contribution in [0.1, 0.15) is 37.6 Å². The van der Waals surface area contributed by atoms with E-state index in [2.05, 4.69) is 47.2 Å². The minimum absolute atomic E-state index is 0.124. The molecule has 0 unspecified atom stereocenters. The number of carbonyl (C=O) groups excluding carboxylic acids is 1. The van der Waals surface area contributed by atoms with Gasteiger partial charge in [0.05, 0.1) is 23.1 Å². The number of nitrogens with zero attached hydrogens (tertiary/aromatic N) is 5. The summed E-state index contributed by atoms with van der Waals surface area (Å²) in [5.41, 5.74) is 2.36. The van der Waals surface area contributed by atoms with E-state index in [1.165, 1.54) is 11.8 Å². The lowest BCUT2D eigenvalue weighted by Crippen LogP contribution is -2.18. The van der Waals surface area contributed by atoms with Gasteiger partial charge in [-0.1, -0.05) is 32.9 Å². The Morgan fingerprint density at radius 1 is 1.21 bits per heavy atom. The van der Waals surface area contributed by atoms with Crippen LogP contribution in [0.2, 0.25) is 0 Å². The number of benzene rings is 1. The quantitative estimate of drug-likeness (QED) is 0.670. The first kappa shape index (κ1) is 20.6. The molecule has 0 bridgehead atoms. The third-order valence-corrected chi connectivity index (χ3v) is 5.08. The molecule has 1 N–H and O–H groups in total. The summed E-state index contributed by atoms with van der Waals surface area (Å²) in [6, 6.07) is 13.1. The minimum atomic E-state index is -0.177. The molecule has 2 heterocycles. The van der Waals surface area contributed by atoms with E-state index in [4.69, 9.17) is 5.26 Å². The molecule has 148 valence electrons. The molecule has 2 aromatic heterocycles. The smallest absolute Gasteiger partial charge is 0.252 e. The fourth-order valence-electron chi connectivity index (χ4n) is 2.51. The maximum atomic E-state index is 12.5. The van der Waals surface area contributed by atoms with Crippen LogP contribution in [0.15, 0.2) is 48.8 Å². The largest absolute Gasteiger partial charge is 0.310 e. The van der Waals surface area contributed by atoms with E-state index < -0.39 is 0 Å². The SMILES string of the molecule is CC(C)(C)c1cc(NC(=O)CSCc2ccc(C#N)cc2)n(-c2ncccn2)n1. The van der Waals surface area contributed by atoms with Crippen LogP contribution in [0.4, 0.5) is 5.82 Å². The number of rotatable bonds is 6. The Balaban J connectivity index is 1.67. The molecule has 0 radical (unpaired) electrons. The number of carbonyl (C=O) groups is 1. The Bertz CT molecular complexity index is 1020. The molecule has 0 atom stereocenters. The first-order valence-corrected chi connectivity index (χ1v) is 10.3. The van der Waals surface area contributed by atoms with E-state index in [9.17, 15) is 4.79 Å². The monoisotopic (exact) mass is 406 g/mol. The normalized spacial score (nSPS) is 11.1. The highest BCUT2D eigenvalue weighted by molar-refractivity contribution is 7.99. The van der Waals surface area contributed by atoms with Crippen molar-refractivity contribution in [3.05, 3.63) is 65.6 Å². The molecular formula is C21H22N6OS. The van der Waals surface area contributed by atoms with Crippen LogP contribution in [-0.2, 0) is 16.0 Å². The van der Waals surface area contributed by atoms with Crippen molar-refractivity contribution in [1.82, 2.24) is 19.7 Å². The van der Waals surface area contributed by atoms with E-state index in [1.54, 1.807) is 35.3 Å². The van der Waals surface area contributed by atoms with E-state index >= 15 is 0 Å². The molecular weight excluding hydrogens is 384 g/mol. The molecule has 0 spiro atoms. The summed E-state index contributed by atoms with van der Waals surface area (Å²) in [5.74, 6) is 1.81. The van der Waals surface area contributed by atoms with Crippen molar-refractivity contribution in [2.24, 2.45) is 0 Å². The van der Waals surface area contributed by atoms with E-state index in [1.807, 2.05) is 18.2 Å². The summed E-state index contributed by atoms with van der Waals surface area (Å²) in [6.45, 7) is 6.18. The summed E-state index contributed by atoms with van der Waals surface area (Å²) in [4.78, 5) is 21.0. The Hall–Kier alpha value is -3.18. The van der Waals surface area contributed by atoms with Gasteiger partial charge < -0.3 is 5.32 Å². The highest BCUT2D eigenvalue weighted by Gasteiger charge is 2.22. The molecule has 0 fully saturated rings. The molecule has 0 aliphatic carbocycles. The Labute approximate surface area is 174 Å². The van der Waals surface area contributed by atoms with Crippen molar-refractivity contribution >= 4 is 23.5 Å². The predicted octanol–water partition coefficient (Wildman–Crippen LogP) is 3.70. The molecule has 3 aromatic rings. The second-order valence-electron chi connectivity index (χ2n) is 7.48. The lowest BCUT2D eigenvalue weighted by atomic mass is 9.92. The summed E-state index contributed by atoms with van der Waals surface area (Å²) in [5, 5.41) is 16.4. The molecule has 29 heavy (non-hydrogen) atoms. The Morgan fingerprint density at radius 3 is 2.52 bits per heavy atom. The van der Waals surface area contributed by atoms with Crippen molar-refractivity contribution in [3.63, 3.8) is 0 Å². The number of nitrogens with one attached hydrogen (secondary N) is 1. The van der Waals surface area contributed by atoms with Crippen molar-refractivity contribution in [3.8, 4) is 12.0 Å². The maximum Gasteiger partial charge on any atom is 0.252 e. The number of thioether (sulfide) groups is 1. The van der Waals surface area contributed by atoms with E-state index in [0.29, 0.717) is 28.8 Å². The fourth-order valence-corrected chi connectivity index (χ4v) is 3.29. The number of nitriles is 1. The zero-order valence-electron chi connectivity index (χ0n) is 16.6. The minimum Gasteiger partial charge on any atom is -0.310 e. The first-order valence-electron chi connectivity index (χ1n) is 9.11. The van der Waals surface area contributed by atoms with Gasteiger partial charge in [-0.25, -0.2) is 9.97 Å². The Kier molecular flexibility index (Phi) is 6.29. The third kappa shape index (κ3) is 5.42. The van der Waals surface area contributed by atoms with Crippen molar-refractivity contribution in [2.75, 3.05) is 11.1 Å². The van der Waals surface area contributed by atoms with Crippen LogP contribution >= 0.6 is 11.8 Å². The van der Waals surface area contributed by atoms with Gasteiger partial charge in [0.2, 0.25) is 5.91 Å². The molecule has 1 aromatic carbocycles. The number of hydrogen-bond donors (Lipinski definition) is 1. The van der Waals surface area contributed by atoms with Gasteiger partial charge >= 0.3 is 0 Å². The van der Waals surface area contributed by atoms with Gasteiger partial charge in [-0.15, -0.1) is 11.8 Å². The second-order valence-corrected chi connectivity index (χ2v) is 8.46. The molecule has 0 saturated heterocycles. The number of amides is 1. The highest BCUT2D eigenvalue weighted by Crippen LogP contribution is 2.25. The molecule has 7 nitrogen and oxygen atoms in total. The lowest BCUT2D eigenvalue weighted by molar-refractivity contribution is -0.113. The number of aromatic nitrogens is 4.